The van der Waals surface area contributed by atoms with E-state index in [1.165, 1.54) is 19.3 Å². The Morgan fingerprint density at radius 1 is 0.958 bits per heavy atom. The summed E-state index contributed by atoms with van der Waals surface area (Å²) < 4.78 is 11.5. The quantitative estimate of drug-likeness (QED) is 0.614. The molecule has 0 bridgehead atoms. The molecule has 0 aliphatic rings. The molecule has 0 spiro atoms. The first-order valence-electron chi connectivity index (χ1n) is 8.38. The van der Waals surface area contributed by atoms with E-state index in [1.54, 1.807) is 7.11 Å². The summed E-state index contributed by atoms with van der Waals surface area (Å²) in [4.78, 5) is 0. The minimum absolute atomic E-state index is 0. The van der Waals surface area contributed by atoms with E-state index in [0.29, 0.717) is 6.61 Å². The Morgan fingerprint density at radius 3 is 2.46 bits per heavy atom. The van der Waals surface area contributed by atoms with Gasteiger partial charge in [-0.05, 0) is 24.6 Å². The molecule has 2 rings (SSSR count). The molecule has 0 saturated carbocycles. The summed E-state index contributed by atoms with van der Waals surface area (Å²) in [5, 5.41) is 3.49. The van der Waals surface area contributed by atoms with Gasteiger partial charge in [-0.3, -0.25) is 0 Å². The van der Waals surface area contributed by atoms with Crippen molar-refractivity contribution in [1.82, 2.24) is 5.32 Å². The molecule has 4 heteroatoms. The summed E-state index contributed by atoms with van der Waals surface area (Å²) in [6.07, 6.45) is 3.72. The van der Waals surface area contributed by atoms with E-state index in [9.17, 15) is 0 Å². The number of benzene rings is 2. The van der Waals surface area contributed by atoms with Crippen LogP contribution in [0, 0.1) is 0 Å². The number of methoxy groups -OCH3 is 1. The number of hydrogen-bond acceptors (Lipinski definition) is 3. The first-order chi connectivity index (χ1) is 11.3. The topological polar surface area (TPSA) is 30.5 Å². The monoisotopic (exact) mass is 349 g/mol. The first kappa shape index (κ1) is 20.3. The second kappa shape index (κ2) is 11.8. The maximum atomic E-state index is 6.06. The molecule has 2 aromatic carbocycles. The molecule has 132 valence electrons. The zero-order valence-electron chi connectivity index (χ0n) is 14.6. The molecule has 0 heterocycles. The minimum atomic E-state index is 0. The van der Waals surface area contributed by atoms with Crippen molar-refractivity contribution < 1.29 is 9.47 Å². The van der Waals surface area contributed by atoms with E-state index in [0.717, 1.165) is 35.7 Å². The maximum Gasteiger partial charge on any atom is 0.166 e. The van der Waals surface area contributed by atoms with Crippen LogP contribution in [-0.2, 0) is 13.2 Å². The fourth-order valence-electron chi connectivity index (χ4n) is 2.48. The molecule has 3 nitrogen and oxygen atoms in total. The third kappa shape index (κ3) is 6.42. The Bertz CT molecular complexity index is 575. The third-order valence-electron chi connectivity index (χ3n) is 3.78. The fourth-order valence-corrected chi connectivity index (χ4v) is 2.48. The summed E-state index contributed by atoms with van der Waals surface area (Å²) in [5.41, 5.74) is 2.29. The van der Waals surface area contributed by atoms with Gasteiger partial charge in [0.1, 0.15) is 6.61 Å². The second-order valence-electron chi connectivity index (χ2n) is 5.61. The average molecular weight is 350 g/mol. The molecule has 0 amide bonds. The average Bonchev–Trinajstić information content (AvgIpc) is 2.61. The van der Waals surface area contributed by atoms with E-state index in [-0.39, 0.29) is 12.4 Å². The van der Waals surface area contributed by atoms with Crippen molar-refractivity contribution >= 4 is 12.4 Å². The summed E-state index contributed by atoms with van der Waals surface area (Å²) in [6, 6.07) is 16.2. The van der Waals surface area contributed by atoms with E-state index < -0.39 is 0 Å². The lowest BCUT2D eigenvalue weighted by atomic mass is 10.1. The van der Waals surface area contributed by atoms with E-state index in [2.05, 4.69) is 30.4 Å². The molecular weight excluding hydrogens is 322 g/mol. The lowest BCUT2D eigenvalue weighted by Crippen LogP contribution is -2.15. The van der Waals surface area contributed by atoms with Crippen LogP contribution in [0.25, 0.3) is 0 Å². The van der Waals surface area contributed by atoms with Crippen LogP contribution in [0.4, 0.5) is 0 Å². The molecule has 1 N–H and O–H groups in total. The zero-order valence-corrected chi connectivity index (χ0v) is 15.4. The van der Waals surface area contributed by atoms with Crippen LogP contribution in [0.5, 0.6) is 11.5 Å². The second-order valence-corrected chi connectivity index (χ2v) is 5.61. The van der Waals surface area contributed by atoms with Crippen molar-refractivity contribution in [3.05, 3.63) is 59.7 Å². The Hall–Kier alpha value is -1.71. The van der Waals surface area contributed by atoms with E-state index >= 15 is 0 Å². The summed E-state index contributed by atoms with van der Waals surface area (Å²) in [7, 11) is 1.68. The van der Waals surface area contributed by atoms with Crippen LogP contribution in [0.3, 0.4) is 0 Å². The predicted octanol–water partition coefficient (Wildman–Crippen LogP) is 4.98. The molecule has 2 aromatic rings. The minimum Gasteiger partial charge on any atom is -0.493 e. The lowest BCUT2D eigenvalue weighted by Gasteiger charge is -2.15. The zero-order chi connectivity index (χ0) is 16.3. The Kier molecular flexibility index (Phi) is 9.97. The van der Waals surface area contributed by atoms with Gasteiger partial charge in [0.2, 0.25) is 0 Å². The van der Waals surface area contributed by atoms with Gasteiger partial charge in [-0.1, -0.05) is 62.2 Å². The summed E-state index contributed by atoms with van der Waals surface area (Å²) in [5.74, 6) is 1.62. The van der Waals surface area contributed by atoms with Crippen LogP contribution in [0.2, 0.25) is 0 Å². The number of hydrogen-bond donors (Lipinski definition) is 1. The Morgan fingerprint density at radius 2 is 1.75 bits per heavy atom. The number of nitrogens with one attached hydrogen (secondary N) is 1. The number of ether oxygens (including phenoxy) is 2. The van der Waals surface area contributed by atoms with Gasteiger partial charge in [0.15, 0.2) is 11.5 Å². The molecule has 0 fully saturated rings. The molecule has 0 aromatic heterocycles. The number of halogens is 1. The fraction of sp³-hybridized carbons (Fsp3) is 0.400. The van der Waals surface area contributed by atoms with Crippen molar-refractivity contribution in [2.45, 2.75) is 39.3 Å². The molecule has 0 radical (unpaired) electrons. The van der Waals surface area contributed by atoms with Crippen molar-refractivity contribution in [1.29, 1.82) is 0 Å². The molecule has 0 atom stereocenters. The van der Waals surface area contributed by atoms with Gasteiger partial charge in [-0.25, -0.2) is 0 Å². The molecule has 0 aliphatic carbocycles. The standard InChI is InChI=1S/C20H27NO2.ClH/c1-3-4-8-14-21-15-18-12-9-13-19(22-2)20(18)23-16-17-10-6-5-7-11-17;/h5-7,9-13,21H,3-4,8,14-16H2,1-2H3;1H. The van der Waals surface area contributed by atoms with Crippen LogP contribution in [0.1, 0.15) is 37.3 Å². The number of para-hydroxylation sites is 1. The SMILES string of the molecule is CCCCCNCc1cccc(OC)c1OCc1ccccc1.Cl. The smallest absolute Gasteiger partial charge is 0.166 e. The highest BCUT2D eigenvalue weighted by Crippen LogP contribution is 2.31. The Balaban J connectivity index is 0.00000288. The molecule has 0 saturated heterocycles. The van der Waals surface area contributed by atoms with Gasteiger partial charge in [0.25, 0.3) is 0 Å². The van der Waals surface area contributed by atoms with Crippen molar-refractivity contribution in [2.75, 3.05) is 13.7 Å². The van der Waals surface area contributed by atoms with Gasteiger partial charge in [-0.2, -0.15) is 0 Å². The van der Waals surface area contributed by atoms with Crippen molar-refractivity contribution in [2.24, 2.45) is 0 Å². The van der Waals surface area contributed by atoms with Crippen molar-refractivity contribution in [3.8, 4) is 11.5 Å². The Labute approximate surface area is 151 Å². The largest absolute Gasteiger partial charge is 0.493 e. The van der Waals surface area contributed by atoms with Crippen LogP contribution < -0.4 is 14.8 Å². The summed E-state index contributed by atoms with van der Waals surface area (Å²) >= 11 is 0. The number of unbranched alkanes of at least 4 members (excludes halogenated alkanes) is 2. The maximum absolute atomic E-state index is 6.06. The first-order valence-corrected chi connectivity index (χ1v) is 8.38. The third-order valence-corrected chi connectivity index (χ3v) is 3.78. The van der Waals surface area contributed by atoms with E-state index in [1.807, 2.05) is 30.3 Å². The molecule has 24 heavy (non-hydrogen) atoms. The normalized spacial score (nSPS) is 10.1. The van der Waals surface area contributed by atoms with Gasteiger partial charge in [0, 0.05) is 12.1 Å². The lowest BCUT2D eigenvalue weighted by molar-refractivity contribution is 0.280. The van der Waals surface area contributed by atoms with Crippen LogP contribution in [0.15, 0.2) is 48.5 Å². The molecular formula is C20H28ClNO2. The van der Waals surface area contributed by atoms with Gasteiger partial charge in [-0.15, -0.1) is 12.4 Å². The van der Waals surface area contributed by atoms with Gasteiger partial charge < -0.3 is 14.8 Å². The van der Waals surface area contributed by atoms with E-state index in [4.69, 9.17) is 9.47 Å². The number of rotatable bonds is 10. The molecule has 0 aliphatic heterocycles. The predicted molar refractivity (Wildman–Crippen MR) is 102 cm³/mol. The molecule has 0 unspecified atom stereocenters. The van der Waals surface area contributed by atoms with Gasteiger partial charge in [0.05, 0.1) is 7.11 Å². The van der Waals surface area contributed by atoms with Crippen LogP contribution in [-0.4, -0.2) is 13.7 Å². The van der Waals surface area contributed by atoms with Crippen LogP contribution >= 0.6 is 12.4 Å². The highest BCUT2D eigenvalue weighted by Gasteiger charge is 2.10. The highest BCUT2D eigenvalue weighted by atomic mass is 35.5. The van der Waals surface area contributed by atoms with Crippen molar-refractivity contribution in [3.63, 3.8) is 0 Å². The van der Waals surface area contributed by atoms with Gasteiger partial charge >= 0.3 is 0 Å². The summed E-state index contributed by atoms with van der Waals surface area (Å²) in [6.45, 7) is 4.59. The highest BCUT2D eigenvalue weighted by molar-refractivity contribution is 5.85.